The molecule has 0 spiro atoms. The van der Waals surface area contributed by atoms with Crippen LogP contribution < -0.4 is 10.6 Å². The lowest BCUT2D eigenvalue weighted by Crippen LogP contribution is -2.24. The average molecular weight is 389 g/mol. The molecule has 0 radical (unpaired) electrons. The van der Waals surface area contributed by atoms with Crippen LogP contribution in [0, 0.1) is 13.8 Å². The van der Waals surface area contributed by atoms with Gasteiger partial charge in [-0.25, -0.2) is 9.97 Å². The van der Waals surface area contributed by atoms with E-state index in [4.69, 9.17) is 0 Å². The molecule has 0 aliphatic rings. The van der Waals surface area contributed by atoms with Crippen LogP contribution in [0.4, 0.5) is 11.6 Å². The average Bonchev–Trinajstić information content (AvgIpc) is 2.65. The number of hydrogen-bond donors (Lipinski definition) is 2. The molecule has 0 saturated carbocycles. The summed E-state index contributed by atoms with van der Waals surface area (Å²) in [6.07, 6.45) is 0. The van der Waals surface area contributed by atoms with Crippen molar-refractivity contribution < 1.29 is 4.79 Å². The van der Waals surface area contributed by atoms with Gasteiger partial charge in [0, 0.05) is 17.9 Å². The number of carbonyl (C=O) groups is 1. The monoisotopic (exact) mass is 388 g/mol. The molecule has 2 aromatic carbocycles. The summed E-state index contributed by atoms with van der Waals surface area (Å²) < 4.78 is 0. The van der Waals surface area contributed by atoms with E-state index in [9.17, 15) is 4.79 Å². The minimum atomic E-state index is -0.219. The molecule has 1 heterocycles. The second-order valence-electron chi connectivity index (χ2n) is 8.34. The van der Waals surface area contributed by atoms with Crippen molar-refractivity contribution in [3.63, 3.8) is 0 Å². The van der Waals surface area contributed by atoms with Crippen molar-refractivity contribution in [3.05, 3.63) is 82.7 Å². The highest BCUT2D eigenvalue weighted by atomic mass is 16.1. The first-order chi connectivity index (χ1) is 13.7. The van der Waals surface area contributed by atoms with E-state index < -0.39 is 0 Å². The first kappa shape index (κ1) is 20.5. The van der Waals surface area contributed by atoms with Crippen LogP contribution >= 0.6 is 0 Å². The predicted molar refractivity (Wildman–Crippen MR) is 118 cm³/mol. The number of nitrogens with one attached hydrogen (secondary N) is 2. The van der Waals surface area contributed by atoms with Crippen molar-refractivity contribution in [2.24, 2.45) is 0 Å². The molecule has 0 aliphatic carbocycles. The van der Waals surface area contributed by atoms with Crippen LogP contribution in [0.5, 0.6) is 0 Å². The Labute approximate surface area is 172 Å². The summed E-state index contributed by atoms with van der Waals surface area (Å²) in [6.45, 7) is 10.9. The normalized spacial score (nSPS) is 11.2. The van der Waals surface area contributed by atoms with Crippen LogP contribution in [0.25, 0.3) is 0 Å². The van der Waals surface area contributed by atoms with Gasteiger partial charge < -0.3 is 10.6 Å². The molecule has 0 aliphatic heterocycles. The minimum absolute atomic E-state index is 0.0981. The number of rotatable bonds is 5. The molecule has 3 aromatic rings. The van der Waals surface area contributed by atoms with Gasteiger partial charge in [0.15, 0.2) is 0 Å². The highest BCUT2D eigenvalue weighted by Gasteiger charge is 2.14. The van der Waals surface area contributed by atoms with E-state index in [1.54, 1.807) is 6.07 Å². The number of aryl methyl sites for hydroxylation is 2. The van der Waals surface area contributed by atoms with Crippen molar-refractivity contribution in [1.29, 1.82) is 0 Å². The molecule has 0 unspecified atom stereocenters. The lowest BCUT2D eigenvalue weighted by atomic mass is 9.87. The third-order valence-electron chi connectivity index (χ3n) is 4.63. The lowest BCUT2D eigenvalue weighted by molar-refractivity contribution is 0.0945. The number of anilines is 2. The molecule has 1 amide bonds. The molecule has 0 fully saturated rings. The Balaban J connectivity index is 1.71. The lowest BCUT2D eigenvalue weighted by Gasteiger charge is -2.19. The maximum atomic E-state index is 12.6. The summed E-state index contributed by atoms with van der Waals surface area (Å²) >= 11 is 0. The number of aromatic nitrogens is 2. The number of benzene rings is 2. The Hall–Kier alpha value is -3.21. The van der Waals surface area contributed by atoms with E-state index >= 15 is 0 Å². The van der Waals surface area contributed by atoms with Gasteiger partial charge in [-0.15, -0.1) is 0 Å². The summed E-state index contributed by atoms with van der Waals surface area (Å²) in [6, 6.07) is 17.9. The van der Waals surface area contributed by atoms with Gasteiger partial charge in [0.1, 0.15) is 5.69 Å². The number of hydrogen-bond acceptors (Lipinski definition) is 4. The van der Waals surface area contributed by atoms with E-state index in [0.717, 1.165) is 16.9 Å². The second kappa shape index (κ2) is 8.43. The molecule has 3 rings (SSSR count). The Morgan fingerprint density at radius 3 is 2.34 bits per heavy atom. The summed E-state index contributed by atoms with van der Waals surface area (Å²) in [4.78, 5) is 21.4. The third-order valence-corrected chi connectivity index (χ3v) is 4.63. The summed E-state index contributed by atoms with van der Waals surface area (Å²) in [5.41, 5.74) is 5.54. The predicted octanol–water partition coefficient (Wildman–Crippen LogP) is 5.06. The van der Waals surface area contributed by atoms with Crippen LogP contribution in [0.1, 0.15) is 53.6 Å². The fourth-order valence-electron chi connectivity index (χ4n) is 3.02. The van der Waals surface area contributed by atoms with Gasteiger partial charge in [-0.2, -0.15) is 0 Å². The summed E-state index contributed by atoms with van der Waals surface area (Å²) in [7, 11) is 0. The molecule has 29 heavy (non-hydrogen) atoms. The highest BCUT2D eigenvalue weighted by Crippen LogP contribution is 2.24. The fourth-order valence-corrected chi connectivity index (χ4v) is 3.02. The Bertz CT molecular complexity index is 1000. The Kier molecular flexibility index (Phi) is 5.97. The molecule has 0 atom stereocenters. The van der Waals surface area contributed by atoms with Crippen LogP contribution in [0.3, 0.4) is 0 Å². The molecular weight excluding hydrogens is 360 g/mol. The fraction of sp³-hybridized carbons (Fsp3) is 0.292. The van der Waals surface area contributed by atoms with E-state index in [1.807, 2.05) is 44.2 Å². The van der Waals surface area contributed by atoms with Crippen LogP contribution in [-0.4, -0.2) is 15.9 Å². The van der Waals surface area contributed by atoms with E-state index in [1.165, 1.54) is 11.1 Å². The molecule has 150 valence electrons. The zero-order valence-corrected chi connectivity index (χ0v) is 17.7. The second-order valence-corrected chi connectivity index (χ2v) is 8.34. The molecule has 1 aromatic heterocycles. The van der Waals surface area contributed by atoms with E-state index in [-0.39, 0.29) is 11.3 Å². The van der Waals surface area contributed by atoms with Gasteiger partial charge in [0.2, 0.25) is 5.95 Å². The third kappa shape index (κ3) is 5.64. The molecule has 0 saturated heterocycles. The molecule has 2 N–H and O–H groups in total. The van der Waals surface area contributed by atoms with E-state index in [0.29, 0.717) is 18.2 Å². The Morgan fingerprint density at radius 1 is 0.966 bits per heavy atom. The van der Waals surface area contributed by atoms with Crippen molar-refractivity contribution in [2.45, 2.75) is 46.6 Å². The zero-order chi connectivity index (χ0) is 21.0. The van der Waals surface area contributed by atoms with Crippen LogP contribution in [0.15, 0.2) is 54.6 Å². The van der Waals surface area contributed by atoms with Crippen LogP contribution in [0.2, 0.25) is 0 Å². The zero-order valence-electron chi connectivity index (χ0n) is 17.7. The van der Waals surface area contributed by atoms with Crippen molar-refractivity contribution in [1.82, 2.24) is 15.3 Å². The molecule has 5 nitrogen and oxygen atoms in total. The molecule has 0 bridgehead atoms. The van der Waals surface area contributed by atoms with Crippen molar-refractivity contribution >= 4 is 17.5 Å². The maximum absolute atomic E-state index is 12.6. The van der Waals surface area contributed by atoms with E-state index in [2.05, 4.69) is 59.6 Å². The number of carbonyl (C=O) groups excluding carboxylic acids is 1. The Morgan fingerprint density at radius 2 is 1.69 bits per heavy atom. The quantitative estimate of drug-likeness (QED) is 0.641. The topological polar surface area (TPSA) is 66.9 Å². The molecular formula is C24H28N4O. The van der Waals surface area contributed by atoms with Crippen LogP contribution in [-0.2, 0) is 12.0 Å². The highest BCUT2D eigenvalue weighted by molar-refractivity contribution is 5.92. The standard InChI is InChI=1S/C24H28N4O/c1-16-7-6-8-18(13-16)15-25-22(29)21-14-17(2)26-23(28-21)27-20-11-9-19(10-12-20)24(3,4)5/h6-14H,15H2,1-5H3,(H,25,29)(H,26,27,28). The minimum Gasteiger partial charge on any atom is -0.347 e. The SMILES string of the molecule is Cc1cccc(CNC(=O)c2cc(C)nc(Nc3ccc(C(C)(C)C)cc3)n2)c1. The maximum Gasteiger partial charge on any atom is 0.270 e. The smallest absolute Gasteiger partial charge is 0.270 e. The van der Waals surface area contributed by atoms with Gasteiger partial charge in [-0.3, -0.25) is 4.79 Å². The first-order valence-corrected chi connectivity index (χ1v) is 9.78. The first-order valence-electron chi connectivity index (χ1n) is 9.78. The van der Waals surface area contributed by atoms with Gasteiger partial charge in [0.05, 0.1) is 0 Å². The summed E-state index contributed by atoms with van der Waals surface area (Å²) in [5.74, 6) is 0.192. The van der Waals surface area contributed by atoms with Gasteiger partial charge in [0.25, 0.3) is 5.91 Å². The van der Waals surface area contributed by atoms with Crippen molar-refractivity contribution in [2.75, 3.05) is 5.32 Å². The largest absolute Gasteiger partial charge is 0.347 e. The van der Waals surface area contributed by atoms with Gasteiger partial charge >= 0.3 is 0 Å². The van der Waals surface area contributed by atoms with Crippen molar-refractivity contribution in [3.8, 4) is 0 Å². The molecule has 5 heteroatoms. The number of nitrogens with zero attached hydrogens (tertiary/aromatic N) is 2. The van der Waals surface area contributed by atoms with Gasteiger partial charge in [-0.1, -0.05) is 62.7 Å². The van der Waals surface area contributed by atoms with Gasteiger partial charge in [-0.05, 0) is 48.6 Å². The number of amides is 1. The summed E-state index contributed by atoms with van der Waals surface area (Å²) in [5, 5.41) is 6.13.